The second-order valence-electron chi connectivity index (χ2n) is 6.01. The van der Waals surface area contributed by atoms with E-state index in [1.54, 1.807) is 27.4 Å². The van der Waals surface area contributed by atoms with Gasteiger partial charge in [-0.2, -0.15) is 10.2 Å². The maximum atomic E-state index is 12.4. The Balaban J connectivity index is 1.68. The SMILES string of the molecule is Cc1nn(C)c2cnn([C@@H](C)C(=O)NCC(=O)N3CCCC3)c12. The van der Waals surface area contributed by atoms with Gasteiger partial charge in [0.25, 0.3) is 0 Å². The summed E-state index contributed by atoms with van der Waals surface area (Å²) in [4.78, 5) is 26.2. The lowest BCUT2D eigenvalue weighted by molar-refractivity contribution is -0.132. The Bertz CT molecular complexity index is 741. The molecule has 1 aliphatic heterocycles. The van der Waals surface area contributed by atoms with Crippen LogP contribution in [-0.2, 0) is 16.6 Å². The number of rotatable bonds is 4. The maximum Gasteiger partial charge on any atom is 0.245 e. The molecule has 8 nitrogen and oxygen atoms in total. The molecule has 23 heavy (non-hydrogen) atoms. The molecule has 1 fully saturated rings. The number of fused-ring (bicyclic) bond motifs is 1. The lowest BCUT2D eigenvalue weighted by Gasteiger charge is -2.17. The quantitative estimate of drug-likeness (QED) is 0.883. The first-order valence-corrected chi connectivity index (χ1v) is 7.91. The normalized spacial score (nSPS) is 16.0. The topological polar surface area (TPSA) is 85.0 Å². The third-order valence-electron chi connectivity index (χ3n) is 4.39. The van der Waals surface area contributed by atoms with Crippen LogP contribution in [-0.4, -0.2) is 55.9 Å². The van der Waals surface area contributed by atoms with Crippen LogP contribution in [0.2, 0.25) is 0 Å². The third kappa shape index (κ3) is 2.80. The van der Waals surface area contributed by atoms with Crippen molar-refractivity contribution in [3.05, 3.63) is 11.9 Å². The molecule has 0 bridgehead atoms. The van der Waals surface area contributed by atoms with Crippen molar-refractivity contribution in [1.82, 2.24) is 29.8 Å². The van der Waals surface area contributed by atoms with Crippen LogP contribution in [0.3, 0.4) is 0 Å². The molecule has 0 aliphatic carbocycles. The van der Waals surface area contributed by atoms with Crippen LogP contribution < -0.4 is 5.32 Å². The van der Waals surface area contributed by atoms with Crippen LogP contribution in [0.15, 0.2) is 6.20 Å². The van der Waals surface area contributed by atoms with Crippen molar-refractivity contribution in [3.63, 3.8) is 0 Å². The molecule has 0 aromatic carbocycles. The summed E-state index contributed by atoms with van der Waals surface area (Å²) in [6.45, 7) is 5.29. The second kappa shape index (κ2) is 6.02. The smallest absolute Gasteiger partial charge is 0.245 e. The Labute approximate surface area is 134 Å². The Kier molecular flexibility index (Phi) is 4.06. The van der Waals surface area contributed by atoms with Gasteiger partial charge >= 0.3 is 0 Å². The molecule has 0 saturated carbocycles. The van der Waals surface area contributed by atoms with Crippen LogP contribution in [0.5, 0.6) is 0 Å². The third-order valence-corrected chi connectivity index (χ3v) is 4.39. The highest BCUT2D eigenvalue weighted by Gasteiger charge is 2.23. The Hall–Kier alpha value is -2.38. The second-order valence-corrected chi connectivity index (χ2v) is 6.01. The molecule has 1 atom stereocenters. The molecule has 3 heterocycles. The highest BCUT2D eigenvalue weighted by molar-refractivity contribution is 5.88. The fourth-order valence-corrected chi connectivity index (χ4v) is 3.06. The summed E-state index contributed by atoms with van der Waals surface area (Å²) in [5.41, 5.74) is 2.56. The van der Waals surface area contributed by atoms with Gasteiger partial charge in [0.15, 0.2) is 0 Å². The molecule has 3 rings (SSSR count). The molecule has 1 saturated heterocycles. The van der Waals surface area contributed by atoms with Gasteiger partial charge in [0.1, 0.15) is 17.1 Å². The fraction of sp³-hybridized carbons (Fsp3) is 0.600. The molecule has 2 aromatic heterocycles. The van der Waals surface area contributed by atoms with Crippen molar-refractivity contribution in [2.75, 3.05) is 19.6 Å². The molecule has 0 radical (unpaired) electrons. The van der Waals surface area contributed by atoms with Gasteiger partial charge in [-0.3, -0.25) is 14.3 Å². The molecule has 0 spiro atoms. The van der Waals surface area contributed by atoms with Crippen molar-refractivity contribution in [2.24, 2.45) is 7.05 Å². The average Bonchev–Trinajstić information content (AvgIpc) is 3.23. The highest BCUT2D eigenvalue weighted by Crippen LogP contribution is 2.20. The van der Waals surface area contributed by atoms with E-state index in [1.807, 2.05) is 14.0 Å². The van der Waals surface area contributed by atoms with Gasteiger partial charge in [-0.05, 0) is 26.7 Å². The number of hydrogen-bond acceptors (Lipinski definition) is 4. The van der Waals surface area contributed by atoms with Crippen molar-refractivity contribution < 1.29 is 9.59 Å². The number of nitrogens with one attached hydrogen (secondary N) is 1. The number of amides is 2. The standard InChI is InChI=1S/C15H22N6O2/c1-10-14-12(19(3)18-10)8-17-21(14)11(2)15(23)16-9-13(22)20-6-4-5-7-20/h8,11H,4-7,9H2,1-3H3,(H,16,23)/t11-/m0/s1. The van der Waals surface area contributed by atoms with Gasteiger partial charge in [0.2, 0.25) is 11.8 Å². The Morgan fingerprint density at radius 1 is 1.35 bits per heavy atom. The molecular weight excluding hydrogens is 296 g/mol. The molecule has 1 N–H and O–H groups in total. The summed E-state index contributed by atoms with van der Waals surface area (Å²) in [7, 11) is 1.85. The van der Waals surface area contributed by atoms with Crippen molar-refractivity contribution in [3.8, 4) is 0 Å². The van der Waals surface area contributed by atoms with E-state index in [0.717, 1.165) is 42.7 Å². The zero-order valence-corrected chi connectivity index (χ0v) is 13.7. The fourth-order valence-electron chi connectivity index (χ4n) is 3.06. The van der Waals surface area contributed by atoms with E-state index < -0.39 is 6.04 Å². The monoisotopic (exact) mass is 318 g/mol. The molecule has 124 valence electrons. The molecule has 2 aromatic rings. The van der Waals surface area contributed by atoms with Crippen molar-refractivity contribution in [1.29, 1.82) is 0 Å². The minimum atomic E-state index is -0.498. The van der Waals surface area contributed by atoms with E-state index >= 15 is 0 Å². The molecule has 0 unspecified atom stereocenters. The first-order chi connectivity index (χ1) is 11.0. The largest absolute Gasteiger partial charge is 0.345 e. The van der Waals surface area contributed by atoms with E-state index in [4.69, 9.17) is 0 Å². The first kappa shape index (κ1) is 15.5. The summed E-state index contributed by atoms with van der Waals surface area (Å²) in [5.74, 6) is -0.239. The van der Waals surface area contributed by atoms with Gasteiger partial charge in [0, 0.05) is 20.1 Å². The first-order valence-electron chi connectivity index (χ1n) is 7.91. The predicted molar refractivity (Wildman–Crippen MR) is 84.8 cm³/mol. The number of likely N-dealkylation sites (tertiary alicyclic amines) is 1. The Morgan fingerprint density at radius 2 is 2.04 bits per heavy atom. The summed E-state index contributed by atoms with van der Waals surface area (Å²) in [6, 6.07) is -0.498. The summed E-state index contributed by atoms with van der Waals surface area (Å²) >= 11 is 0. The lowest BCUT2D eigenvalue weighted by atomic mass is 10.3. The van der Waals surface area contributed by atoms with Crippen LogP contribution in [0.1, 0.15) is 31.5 Å². The predicted octanol–water partition coefficient (Wildman–Crippen LogP) is 0.378. The van der Waals surface area contributed by atoms with Crippen molar-refractivity contribution in [2.45, 2.75) is 32.7 Å². The number of aromatic nitrogens is 4. The van der Waals surface area contributed by atoms with E-state index in [-0.39, 0.29) is 18.4 Å². The summed E-state index contributed by atoms with van der Waals surface area (Å²) in [6.07, 6.45) is 3.79. The van der Waals surface area contributed by atoms with E-state index in [1.165, 1.54) is 0 Å². The van der Waals surface area contributed by atoms with E-state index in [2.05, 4.69) is 15.5 Å². The zero-order valence-electron chi connectivity index (χ0n) is 13.7. The minimum Gasteiger partial charge on any atom is -0.345 e. The van der Waals surface area contributed by atoms with Crippen LogP contribution in [0, 0.1) is 6.92 Å². The van der Waals surface area contributed by atoms with Gasteiger partial charge in [-0.25, -0.2) is 4.68 Å². The molecular formula is C15H22N6O2. The average molecular weight is 318 g/mol. The van der Waals surface area contributed by atoms with Gasteiger partial charge in [-0.15, -0.1) is 0 Å². The Morgan fingerprint density at radius 3 is 2.74 bits per heavy atom. The highest BCUT2D eigenvalue weighted by atomic mass is 16.2. The minimum absolute atomic E-state index is 0.0220. The van der Waals surface area contributed by atoms with Crippen LogP contribution >= 0.6 is 0 Å². The number of carbonyl (C=O) groups is 2. The summed E-state index contributed by atoms with van der Waals surface area (Å²) in [5, 5.41) is 11.4. The van der Waals surface area contributed by atoms with Gasteiger partial charge in [-0.1, -0.05) is 0 Å². The number of nitrogens with zero attached hydrogens (tertiary/aromatic N) is 5. The van der Waals surface area contributed by atoms with Gasteiger partial charge < -0.3 is 10.2 Å². The number of hydrogen-bond donors (Lipinski definition) is 1. The maximum absolute atomic E-state index is 12.4. The number of aryl methyl sites for hydroxylation is 2. The van der Waals surface area contributed by atoms with Crippen molar-refractivity contribution >= 4 is 22.8 Å². The van der Waals surface area contributed by atoms with Crippen LogP contribution in [0.25, 0.3) is 11.0 Å². The van der Waals surface area contributed by atoms with E-state index in [0.29, 0.717) is 0 Å². The molecule has 1 aliphatic rings. The molecule has 8 heteroatoms. The van der Waals surface area contributed by atoms with Crippen LogP contribution in [0.4, 0.5) is 0 Å². The summed E-state index contributed by atoms with van der Waals surface area (Å²) < 4.78 is 3.41. The number of carbonyl (C=O) groups excluding carboxylic acids is 2. The zero-order chi connectivity index (χ0) is 16.6. The van der Waals surface area contributed by atoms with Gasteiger partial charge in [0.05, 0.1) is 18.4 Å². The lowest BCUT2D eigenvalue weighted by Crippen LogP contribution is -2.41. The van der Waals surface area contributed by atoms with E-state index in [9.17, 15) is 9.59 Å². The molecule has 2 amide bonds.